The van der Waals surface area contributed by atoms with Crippen molar-refractivity contribution in [1.29, 1.82) is 0 Å². The maximum atomic E-state index is 11.3. The van der Waals surface area contributed by atoms with Crippen molar-refractivity contribution in [2.24, 2.45) is 0 Å². The molecule has 4 heteroatoms. The van der Waals surface area contributed by atoms with Gasteiger partial charge >= 0.3 is 5.97 Å². The van der Waals surface area contributed by atoms with E-state index in [-0.39, 0.29) is 5.56 Å². The molecule has 0 amide bonds. The van der Waals surface area contributed by atoms with Gasteiger partial charge < -0.3 is 9.84 Å². The van der Waals surface area contributed by atoms with E-state index >= 15 is 0 Å². The Labute approximate surface area is 110 Å². The smallest absolute Gasteiger partial charge is 0.336 e. The molecule has 1 N–H and O–H groups in total. The van der Waals surface area contributed by atoms with Crippen molar-refractivity contribution < 1.29 is 14.6 Å². The van der Waals surface area contributed by atoms with Crippen LogP contribution in [-0.2, 0) is 6.42 Å². The maximum absolute atomic E-state index is 11.3. The standard InChI is InChI=1S/C14H14O3S/c1-3-9-6-13(18-8-9)11-5-4-10(17-2)7-12(11)14(15)16/h4-8H,3H2,1-2H3,(H,15,16). The first-order valence-corrected chi connectivity index (χ1v) is 6.52. The lowest BCUT2D eigenvalue weighted by atomic mass is 10.0. The molecule has 18 heavy (non-hydrogen) atoms. The van der Waals surface area contributed by atoms with Crippen LogP contribution >= 0.6 is 11.3 Å². The molecule has 1 heterocycles. The van der Waals surface area contributed by atoms with Crippen molar-refractivity contribution in [3.8, 4) is 16.2 Å². The first-order valence-electron chi connectivity index (χ1n) is 5.64. The summed E-state index contributed by atoms with van der Waals surface area (Å²) in [5.74, 6) is -0.376. The van der Waals surface area contributed by atoms with E-state index in [4.69, 9.17) is 4.74 Å². The second-order valence-corrected chi connectivity index (χ2v) is 4.80. The predicted molar refractivity (Wildman–Crippen MR) is 72.6 cm³/mol. The maximum Gasteiger partial charge on any atom is 0.336 e. The molecule has 0 bridgehead atoms. The summed E-state index contributed by atoms with van der Waals surface area (Å²) in [6, 6.07) is 7.18. The Balaban J connectivity index is 2.52. The number of methoxy groups -OCH3 is 1. The van der Waals surface area contributed by atoms with Gasteiger partial charge in [-0.2, -0.15) is 0 Å². The number of aryl methyl sites for hydroxylation is 1. The summed E-state index contributed by atoms with van der Waals surface area (Å²) < 4.78 is 5.06. The van der Waals surface area contributed by atoms with E-state index in [9.17, 15) is 9.90 Å². The molecule has 3 nitrogen and oxygen atoms in total. The van der Waals surface area contributed by atoms with Crippen molar-refractivity contribution in [2.45, 2.75) is 13.3 Å². The third-order valence-corrected chi connectivity index (χ3v) is 3.80. The number of thiophene rings is 1. The van der Waals surface area contributed by atoms with Gasteiger partial charge in [0.1, 0.15) is 5.75 Å². The number of hydrogen-bond acceptors (Lipinski definition) is 3. The van der Waals surface area contributed by atoms with Crippen molar-refractivity contribution in [2.75, 3.05) is 7.11 Å². The van der Waals surface area contributed by atoms with Crippen LogP contribution in [0.1, 0.15) is 22.8 Å². The molecule has 0 spiro atoms. The van der Waals surface area contributed by atoms with Crippen molar-refractivity contribution >= 4 is 17.3 Å². The molecule has 94 valence electrons. The zero-order chi connectivity index (χ0) is 13.1. The Kier molecular flexibility index (Phi) is 3.67. The van der Waals surface area contributed by atoms with Crippen LogP contribution in [0.3, 0.4) is 0 Å². The van der Waals surface area contributed by atoms with Gasteiger partial charge in [-0.1, -0.05) is 6.92 Å². The number of aromatic carboxylic acids is 1. The molecule has 0 atom stereocenters. The van der Waals surface area contributed by atoms with Gasteiger partial charge in [-0.25, -0.2) is 4.79 Å². The summed E-state index contributed by atoms with van der Waals surface area (Å²) in [5.41, 5.74) is 2.24. The van der Waals surface area contributed by atoms with E-state index in [1.54, 1.807) is 29.5 Å². The molecule has 0 saturated carbocycles. The average Bonchev–Trinajstić information content (AvgIpc) is 2.86. The van der Waals surface area contributed by atoms with Gasteiger partial charge in [-0.05, 0) is 41.6 Å². The second kappa shape index (κ2) is 5.23. The Morgan fingerprint density at radius 3 is 2.72 bits per heavy atom. The van der Waals surface area contributed by atoms with Crippen LogP contribution in [0.25, 0.3) is 10.4 Å². The Bertz CT molecular complexity index is 572. The molecule has 0 aliphatic heterocycles. The van der Waals surface area contributed by atoms with Gasteiger partial charge in [0.05, 0.1) is 12.7 Å². The van der Waals surface area contributed by atoms with Crippen LogP contribution in [-0.4, -0.2) is 18.2 Å². The lowest BCUT2D eigenvalue weighted by Gasteiger charge is -2.06. The number of carboxylic acid groups (broad SMARTS) is 1. The van der Waals surface area contributed by atoms with Gasteiger partial charge in [0.15, 0.2) is 0 Å². The highest BCUT2D eigenvalue weighted by Gasteiger charge is 2.14. The highest BCUT2D eigenvalue weighted by atomic mass is 32.1. The fourth-order valence-corrected chi connectivity index (χ4v) is 2.78. The lowest BCUT2D eigenvalue weighted by molar-refractivity contribution is 0.0697. The zero-order valence-electron chi connectivity index (χ0n) is 10.3. The van der Waals surface area contributed by atoms with Crippen LogP contribution in [0.4, 0.5) is 0 Å². The summed E-state index contributed by atoms with van der Waals surface area (Å²) in [6.07, 6.45) is 0.953. The monoisotopic (exact) mass is 262 g/mol. The van der Waals surface area contributed by atoms with Crippen molar-refractivity contribution in [1.82, 2.24) is 0 Å². The minimum Gasteiger partial charge on any atom is -0.497 e. The van der Waals surface area contributed by atoms with Gasteiger partial charge in [0, 0.05) is 10.4 Å². The molecule has 0 aliphatic carbocycles. The minimum atomic E-state index is -0.935. The third kappa shape index (κ3) is 2.38. The molecule has 1 aromatic carbocycles. The summed E-state index contributed by atoms with van der Waals surface area (Å²) in [7, 11) is 1.53. The van der Waals surface area contributed by atoms with Gasteiger partial charge in [0.25, 0.3) is 0 Å². The van der Waals surface area contributed by atoms with Gasteiger partial charge in [-0.3, -0.25) is 0 Å². The van der Waals surface area contributed by atoms with E-state index in [0.717, 1.165) is 16.9 Å². The number of benzene rings is 1. The Morgan fingerprint density at radius 2 is 2.17 bits per heavy atom. The number of carbonyl (C=O) groups is 1. The average molecular weight is 262 g/mol. The highest BCUT2D eigenvalue weighted by molar-refractivity contribution is 7.13. The zero-order valence-corrected chi connectivity index (χ0v) is 11.1. The summed E-state index contributed by atoms with van der Waals surface area (Å²) in [5, 5.41) is 11.3. The molecule has 0 radical (unpaired) electrons. The number of ether oxygens (including phenoxy) is 1. The molecule has 2 rings (SSSR count). The predicted octanol–water partition coefficient (Wildman–Crippen LogP) is 3.68. The van der Waals surface area contributed by atoms with Crippen molar-refractivity contribution in [3.63, 3.8) is 0 Å². The number of carboxylic acids is 1. The van der Waals surface area contributed by atoms with E-state index in [1.165, 1.54) is 12.7 Å². The molecular formula is C14H14O3S. The van der Waals surface area contributed by atoms with Crippen LogP contribution in [0.2, 0.25) is 0 Å². The van der Waals surface area contributed by atoms with E-state index in [2.05, 4.69) is 12.3 Å². The topological polar surface area (TPSA) is 46.5 Å². The molecular weight excluding hydrogens is 248 g/mol. The molecule has 0 saturated heterocycles. The van der Waals surface area contributed by atoms with Crippen LogP contribution < -0.4 is 4.74 Å². The first kappa shape index (κ1) is 12.6. The quantitative estimate of drug-likeness (QED) is 0.914. The molecule has 0 unspecified atom stereocenters. The summed E-state index contributed by atoms with van der Waals surface area (Å²) in [4.78, 5) is 12.3. The van der Waals surface area contributed by atoms with Crippen LogP contribution in [0.15, 0.2) is 29.6 Å². The van der Waals surface area contributed by atoms with E-state index < -0.39 is 5.97 Å². The normalized spacial score (nSPS) is 10.3. The minimum absolute atomic E-state index is 0.277. The summed E-state index contributed by atoms with van der Waals surface area (Å²) >= 11 is 1.57. The molecule has 1 aromatic heterocycles. The Morgan fingerprint density at radius 1 is 1.39 bits per heavy atom. The fraction of sp³-hybridized carbons (Fsp3) is 0.214. The number of hydrogen-bond donors (Lipinski definition) is 1. The van der Waals surface area contributed by atoms with E-state index in [1.807, 2.05) is 6.07 Å². The SMILES string of the molecule is CCc1csc(-c2ccc(OC)cc2C(=O)O)c1. The highest BCUT2D eigenvalue weighted by Crippen LogP contribution is 2.32. The lowest BCUT2D eigenvalue weighted by Crippen LogP contribution is -1.99. The van der Waals surface area contributed by atoms with Crippen LogP contribution in [0, 0.1) is 0 Å². The van der Waals surface area contributed by atoms with Gasteiger partial charge in [0.2, 0.25) is 0 Å². The Hall–Kier alpha value is -1.81. The molecule has 0 fully saturated rings. The van der Waals surface area contributed by atoms with Crippen molar-refractivity contribution in [3.05, 3.63) is 40.8 Å². The number of rotatable bonds is 4. The molecule has 0 aliphatic rings. The second-order valence-electron chi connectivity index (χ2n) is 3.89. The van der Waals surface area contributed by atoms with Crippen LogP contribution in [0.5, 0.6) is 5.75 Å². The largest absolute Gasteiger partial charge is 0.497 e. The first-order chi connectivity index (χ1) is 8.65. The van der Waals surface area contributed by atoms with E-state index in [0.29, 0.717) is 5.75 Å². The summed E-state index contributed by atoms with van der Waals surface area (Å²) in [6.45, 7) is 2.08. The fourth-order valence-electron chi connectivity index (χ4n) is 1.74. The third-order valence-electron chi connectivity index (χ3n) is 2.78. The van der Waals surface area contributed by atoms with Gasteiger partial charge in [-0.15, -0.1) is 11.3 Å². The molecule has 2 aromatic rings.